The summed E-state index contributed by atoms with van der Waals surface area (Å²) in [7, 11) is 0. The second-order valence-corrected chi connectivity index (χ2v) is 8.47. The third kappa shape index (κ3) is 4.16. The molecule has 1 aliphatic heterocycles. The number of aromatic nitrogens is 2. The minimum Gasteiger partial charge on any atom is -0.358 e. The number of rotatable bonds is 6. The zero-order chi connectivity index (χ0) is 21.9. The normalized spacial score (nSPS) is 14.2. The Morgan fingerprint density at radius 1 is 1.06 bits per heavy atom. The van der Waals surface area contributed by atoms with Crippen molar-refractivity contribution >= 4 is 22.5 Å². The number of benzene rings is 2. The summed E-state index contributed by atoms with van der Waals surface area (Å²) in [4.78, 5) is 23.2. The molecule has 1 aliphatic rings. The van der Waals surface area contributed by atoms with Crippen molar-refractivity contribution in [3.63, 3.8) is 0 Å². The van der Waals surface area contributed by atoms with Gasteiger partial charge in [-0.15, -0.1) is 0 Å². The van der Waals surface area contributed by atoms with Crippen molar-refractivity contribution in [2.75, 3.05) is 18.4 Å². The van der Waals surface area contributed by atoms with Gasteiger partial charge in [-0.2, -0.15) is 0 Å². The number of H-pyrrole nitrogens is 1. The number of hydrogen-bond acceptors (Lipinski definition) is 3. The van der Waals surface area contributed by atoms with Crippen LogP contribution in [0.25, 0.3) is 22.0 Å². The maximum absolute atomic E-state index is 13.2. The molecule has 2 aromatic heterocycles. The van der Waals surface area contributed by atoms with Gasteiger partial charge in [-0.25, -0.2) is 0 Å². The molecule has 0 unspecified atom stereocenters. The van der Waals surface area contributed by atoms with Gasteiger partial charge < -0.3 is 10.3 Å². The summed E-state index contributed by atoms with van der Waals surface area (Å²) in [5.74, 6) is -0.110. The molecule has 5 heteroatoms. The Kier molecular flexibility index (Phi) is 5.73. The van der Waals surface area contributed by atoms with Gasteiger partial charge in [-0.1, -0.05) is 31.2 Å². The molecule has 2 N–H and O–H groups in total. The van der Waals surface area contributed by atoms with Crippen LogP contribution in [0.2, 0.25) is 0 Å². The summed E-state index contributed by atoms with van der Waals surface area (Å²) in [5, 5.41) is 3.94. The molecule has 0 atom stereocenters. The first-order valence-corrected chi connectivity index (χ1v) is 11.4. The van der Waals surface area contributed by atoms with Gasteiger partial charge in [0.15, 0.2) is 0 Å². The minimum atomic E-state index is -0.110. The third-order valence-corrected chi connectivity index (χ3v) is 6.24. The Balaban J connectivity index is 1.49. The number of anilines is 1. The maximum Gasteiger partial charge on any atom is 0.258 e. The van der Waals surface area contributed by atoms with Crippen LogP contribution in [0, 0.1) is 0 Å². The molecule has 5 rings (SSSR count). The van der Waals surface area contributed by atoms with Crippen LogP contribution in [0.15, 0.2) is 67.0 Å². The van der Waals surface area contributed by atoms with Crippen LogP contribution in [-0.4, -0.2) is 33.9 Å². The molecule has 0 bridgehead atoms. The average Bonchev–Trinajstić information content (AvgIpc) is 3.46. The van der Waals surface area contributed by atoms with E-state index in [0.717, 1.165) is 35.1 Å². The Bertz CT molecular complexity index is 1240. The van der Waals surface area contributed by atoms with Crippen LogP contribution in [0.1, 0.15) is 41.4 Å². The van der Waals surface area contributed by atoms with E-state index in [4.69, 9.17) is 0 Å². The number of fused-ring (bicyclic) bond motifs is 1. The van der Waals surface area contributed by atoms with E-state index in [1.807, 2.05) is 12.1 Å². The standard InChI is InChI=1S/C27H28N4O/c1-2-24-26(27(32)29-22-9-6-12-28-17-22)23-16-21(10-11-25(23)30-24)20-8-5-7-19(15-20)18-31-13-3-4-14-31/h5-12,15-17,30H,2-4,13-14,18H2,1H3,(H,29,32). The van der Waals surface area contributed by atoms with Crippen LogP contribution >= 0.6 is 0 Å². The van der Waals surface area contributed by atoms with Crippen LogP contribution in [0.4, 0.5) is 5.69 Å². The Morgan fingerprint density at radius 2 is 1.91 bits per heavy atom. The number of nitrogens with one attached hydrogen (secondary N) is 2. The predicted octanol–water partition coefficient (Wildman–Crippen LogP) is 5.64. The second-order valence-electron chi connectivity index (χ2n) is 8.47. The molecule has 0 radical (unpaired) electrons. The van der Waals surface area contributed by atoms with Crippen LogP contribution < -0.4 is 5.32 Å². The zero-order valence-corrected chi connectivity index (χ0v) is 18.4. The minimum absolute atomic E-state index is 0.110. The number of amides is 1. The van der Waals surface area contributed by atoms with Crippen molar-refractivity contribution in [2.45, 2.75) is 32.7 Å². The topological polar surface area (TPSA) is 61.0 Å². The van der Waals surface area contributed by atoms with Crippen LogP contribution in [-0.2, 0) is 13.0 Å². The first-order valence-electron chi connectivity index (χ1n) is 11.4. The molecule has 2 aromatic carbocycles. The monoisotopic (exact) mass is 424 g/mol. The highest BCUT2D eigenvalue weighted by atomic mass is 16.1. The van der Waals surface area contributed by atoms with E-state index in [2.05, 4.69) is 69.6 Å². The van der Waals surface area contributed by atoms with Crippen LogP contribution in [0.3, 0.4) is 0 Å². The average molecular weight is 425 g/mol. The van der Waals surface area contributed by atoms with Crippen molar-refractivity contribution in [2.24, 2.45) is 0 Å². The van der Waals surface area contributed by atoms with E-state index in [1.54, 1.807) is 12.4 Å². The van der Waals surface area contributed by atoms with Crippen molar-refractivity contribution in [3.05, 3.63) is 83.8 Å². The Labute approximate surface area is 188 Å². The van der Waals surface area contributed by atoms with Gasteiger partial charge in [0.2, 0.25) is 0 Å². The molecule has 0 saturated carbocycles. The molecule has 162 valence electrons. The van der Waals surface area contributed by atoms with Gasteiger partial charge in [-0.3, -0.25) is 14.7 Å². The number of carbonyl (C=O) groups is 1. The van der Waals surface area contributed by atoms with Gasteiger partial charge in [0, 0.05) is 29.3 Å². The first kappa shape index (κ1) is 20.5. The first-order chi connectivity index (χ1) is 15.7. The van der Waals surface area contributed by atoms with E-state index < -0.39 is 0 Å². The van der Waals surface area contributed by atoms with Gasteiger partial charge in [0.1, 0.15) is 0 Å². The lowest BCUT2D eigenvalue weighted by molar-refractivity contribution is 0.102. The number of hydrogen-bond donors (Lipinski definition) is 2. The highest BCUT2D eigenvalue weighted by Gasteiger charge is 2.19. The Morgan fingerprint density at radius 3 is 2.69 bits per heavy atom. The van der Waals surface area contributed by atoms with Gasteiger partial charge >= 0.3 is 0 Å². The van der Waals surface area contributed by atoms with Gasteiger partial charge in [0.25, 0.3) is 5.91 Å². The summed E-state index contributed by atoms with van der Waals surface area (Å²) < 4.78 is 0. The third-order valence-electron chi connectivity index (χ3n) is 6.24. The molecule has 0 aliphatic carbocycles. The second kappa shape index (κ2) is 8.97. The molecular formula is C27H28N4O. The van der Waals surface area contributed by atoms with Gasteiger partial charge in [0.05, 0.1) is 17.4 Å². The van der Waals surface area contributed by atoms with Crippen molar-refractivity contribution in [1.82, 2.24) is 14.9 Å². The van der Waals surface area contributed by atoms with Crippen molar-refractivity contribution < 1.29 is 4.79 Å². The summed E-state index contributed by atoms with van der Waals surface area (Å²) in [6.45, 7) is 5.44. The largest absolute Gasteiger partial charge is 0.358 e. The van der Waals surface area contributed by atoms with Crippen molar-refractivity contribution in [1.29, 1.82) is 0 Å². The summed E-state index contributed by atoms with van der Waals surface area (Å²) in [5.41, 5.74) is 6.97. The van der Waals surface area contributed by atoms with Gasteiger partial charge in [-0.05, 0) is 79.4 Å². The highest BCUT2D eigenvalue weighted by molar-refractivity contribution is 6.14. The summed E-state index contributed by atoms with van der Waals surface area (Å²) in [6.07, 6.45) is 6.71. The quantitative estimate of drug-likeness (QED) is 0.421. The number of likely N-dealkylation sites (tertiary alicyclic amines) is 1. The fraction of sp³-hybridized carbons (Fsp3) is 0.259. The van der Waals surface area contributed by atoms with E-state index in [0.29, 0.717) is 11.3 Å². The van der Waals surface area contributed by atoms with Crippen molar-refractivity contribution in [3.8, 4) is 11.1 Å². The lowest BCUT2D eigenvalue weighted by atomic mass is 9.99. The van der Waals surface area contributed by atoms with Crippen LogP contribution in [0.5, 0.6) is 0 Å². The molecule has 1 saturated heterocycles. The smallest absolute Gasteiger partial charge is 0.258 e. The molecule has 3 heterocycles. The Hall–Kier alpha value is -3.44. The number of aromatic amines is 1. The highest BCUT2D eigenvalue weighted by Crippen LogP contribution is 2.30. The summed E-state index contributed by atoms with van der Waals surface area (Å²) >= 11 is 0. The van der Waals surface area contributed by atoms with E-state index in [1.165, 1.54) is 37.1 Å². The number of nitrogens with zero attached hydrogens (tertiary/aromatic N) is 2. The molecule has 32 heavy (non-hydrogen) atoms. The van der Waals surface area contributed by atoms with E-state index in [9.17, 15) is 4.79 Å². The fourth-order valence-electron chi connectivity index (χ4n) is 4.63. The lowest BCUT2D eigenvalue weighted by Crippen LogP contribution is -2.18. The molecule has 1 amide bonds. The van der Waals surface area contributed by atoms with E-state index >= 15 is 0 Å². The molecule has 5 nitrogen and oxygen atoms in total. The summed E-state index contributed by atoms with van der Waals surface area (Å²) in [6, 6.07) is 18.8. The lowest BCUT2D eigenvalue weighted by Gasteiger charge is -2.15. The molecular weight excluding hydrogens is 396 g/mol. The number of pyridine rings is 1. The SMILES string of the molecule is CCc1[nH]c2ccc(-c3cccc(CN4CCCC4)c3)cc2c1C(=O)Nc1cccnc1. The molecule has 4 aromatic rings. The molecule has 0 spiro atoms. The number of carbonyl (C=O) groups excluding carboxylic acids is 1. The fourth-order valence-corrected chi connectivity index (χ4v) is 4.63. The zero-order valence-electron chi connectivity index (χ0n) is 18.4. The number of aryl methyl sites for hydroxylation is 1. The molecule has 1 fully saturated rings. The predicted molar refractivity (Wildman–Crippen MR) is 130 cm³/mol. The maximum atomic E-state index is 13.2. The van der Waals surface area contributed by atoms with E-state index in [-0.39, 0.29) is 5.91 Å².